The fourth-order valence-corrected chi connectivity index (χ4v) is 2.30. The number of nitrogens with one attached hydrogen (secondary N) is 2. The predicted octanol–water partition coefficient (Wildman–Crippen LogP) is 3.07. The van der Waals surface area contributed by atoms with Crippen LogP contribution in [0.1, 0.15) is 20.7 Å². The number of amides is 1. The van der Waals surface area contributed by atoms with Crippen molar-refractivity contribution < 1.29 is 19.6 Å². The molecule has 10 heteroatoms. The van der Waals surface area contributed by atoms with Crippen molar-refractivity contribution >= 4 is 52.2 Å². The lowest BCUT2D eigenvalue weighted by Gasteiger charge is -2.10. The number of hydrogen-bond donors (Lipinski definition) is 3. The van der Waals surface area contributed by atoms with Gasteiger partial charge in [-0.05, 0) is 42.5 Å². The van der Waals surface area contributed by atoms with Crippen LogP contribution in [0.5, 0.6) is 0 Å². The Labute approximate surface area is 151 Å². The van der Waals surface area contributed by atoms with Gasteiger partial charge in [0.25, 0.3) is 11.6 Å². The second kappa shape index (κ2) is 7.69. The lowest BCUT2D eigenvalue weighted by molar-refractivity contribution is -0.384. The average Bonchev–Trinajstić information content (AvgIpc) is 2.54. The second-order valence-electron chi connectivity index (χ2n) is 4.71. The normalized spacial score (nSPS) is 9.96. The van der Waals surface area contributed by atoms with Gasteiger partial charge in [-0.3, -0.25) is 20.2 Å². The van der Waals surface area contributed by atoms with Crippen LogP contribution in [0, 0.1) is 10.1 Å². The van der Waals surface area contributed by atoms with Crippen LogP contribution >= 0.6 is 23.8 Å². The summed E-state index contributed by atoms with van der Waals surface area (Å²) in [6.45, 7) is 0. The molecule has 0 saturated carbocycles. The summed E-state index contributed by atoms with van der Waals surface area (Å²) in [5, 5.41) is 24.5. The van der Waals surface area contributed by atoms with Gasteiger partial charge in [0.15, 0.2) is 5.11 Å². The molecular formula is C15H10ClN3O5S. The molecule has 2 aromatic carbocycles. The fourth-order valence-electron chi connectivity index (χ4n) is 1.83. The quantitative estimate of drug-likeness (QED) is 0.424. The Morgan fingerprint density at radius 2 is 1.80 bits per heavy atom. The number of nitro groups is 1. The third kappa shape index (κ3) is 4.72. The number of rotatable bonds is 4. The molecule has 0 saturated heterocycles. The number of nitrogens with zero attached hydrogens (tertiary/aromatic N) is 1. The molecule has 0 radical (unpaired) electrons. The Morgan fingerprint density at radius 1 is 1.16 bits per heavy atom. The molecule has 0 heterocycles. The number of carboxylic acid groups (broad SMARTS) is 1. The van der Waals surface area contributed by atoms with Gasteiger partial charge in [-0.25, -0.2) is 4.79 Å². The van der Waals surface area contributed by atoms with E-state index in [0.29, 0.717) is 5.69 Å². The lowest BCUT2D eigenvalue weighted by atomic mass is 10.2. The maximum absolute atomic E-state index is 12.1. The van der Waals surface area contributed by atoms with E-state index in [-0.39, 0.29) is 26.9 Å². The van der Waals surface area contributed by atoms with E-state index in [1.165, 1.54) is 30.3 Å². The minimum absolute atomic E-state index is 0.0256. The number of non-ortho nitro benzene ring substituents is 1. The van der Waals surface area contributed by atoms with E-state index in [2.05, 4.69) is 10.6 Å². The van der Waals surface area contributed by atoms with Crippen molar-refractivity contribution in [3.63, 3.8) is 0 Å². The molecule has 0 bridgehead atoms. The van der Waals surface area contributed by atoms with Gasteiger partial charge in [-0.2, -0.15) is 0 Å². The highest BCUT2D eigenvalue weighted by Gasteiger charge is 2.16. The fraction of sp³-hybridized carbons (Fsp3) is 0. The first-order valence-corrected chi connectivity index (χ1v) is 7.46. The number of nitro benzene ring substituents is 1. The first kappa shape index (κ1) is 18.3. The first-order valence-electron chi connectivity index (χ1n) is 6.67. The van der Waals surface area contributed by atoms with Gasteiger partial charge in [0, 0.05) is 17.8 Å². The van der Waals surface area contributed by atoms with Crippen molar-refractivity contribution in [2.75, 3.05) is 5.32 Å². The zero-order valence-electron chi connectivity index (χ0n) is 12.4. The number of hydrogen-bond acceptors (Lipinski definition) is 5. The molecule has 0 aromatic heterocycles. The summed E-state index contributed by atoms with van der Waals surface area (Å²) in [6, 6.07) is 9.17. The molecule has 0 fully saturated rings. The highest BCUT2D eigenvalue weighted by atomic mass is 35.5. The highest BCUT2D eigenvalue weighted by Crippen LogP contribution is 2.22. The first-order chi connectivity index (χ1) is 11.8. The van der Waals surface area contributed by atoms with E-state index in [0.717, 1.165) is 12.1 Å². The zero-order chi connectivity index (χ0) is 18.6. The summed E-state index contributed by atoms with van der Waals surface area (Å²) < 4.78 is 0. The largest absolute Gasteiger partial charge is 0.478 e. The van der Waals surface area contributed by atoms with Gasteiger partial charge in [0.2, 0.25) is 0 Å². The molecule has 0 aliphatic carbocycles. The topological polar surface area (TPSA) is 122 Å². The molecule has 0 aliphatic rings. The van der Waals surface area contributed by atoms with Crippen LogP contribution in [0.3, 0.4) is 0 Å². The number of benzene rings is 2. The van der Waals surface area contributed by atoms with E-state index in [9.17, 15) is 19.7 Å². The summed E-state index contributed by atoms with van der Waals surface area (Å²) >= 11 is 10.9. The van der Waals surface area contributed by atoms with Gasteiger partial charge >= 0.3 is 5.97 Å². The summed E-state index contributed by atoms with van der Waals surface area (Å²) in [7, 11) is 0. The molecule has 0 atom stereocenters. The third-order valence-electron chi connectivity index (χ3n) is 3.02. The third-order valence-corrected chi connectivity index (χ3v) is 3.54. The van der Waals surface area contributed by atoms with E-state index in [4.69, 9.17) is 28.9 Å². The van der Waals surface area contributed by atoms with Crippen molar-refractivity contribution in [3.05, 3.63) is 68.7 Å². The summed E-state index contributed by atoms with van der Waals surface area (Å²) in [5.74, 6) is -1.70. The minimum atomic E-state index is -1.06. The van der Waals surface area contributed by atoms with Crippen LogP contribution in [0.15, 0.2) is 42.5 Å². The molecule has 2 rings (SSSR count). The maximum atomic E-state index is 12.1. The van der Waals surface area contributed by atoms with Crippen LogP contribution in [0.4, 0.5) is 11.4 Å². The SMILES string of the molecule is O=C(O)c1ccc(NC(=S)NC(=O)c2ccc([N+](=O)[O-])cc2Cl)cc1. The Bertz CT molecular complexity index is 870. The van der Waals surface area contributed by atoms with Crippen molar-refractivity contribution in [2.24, 2.45) is 0 Å². The van der Waals surface area contributed by atoms with E-state index in [1.807, 2.05) is 0 Å². The number of anilines is 1. The summed E-state index contributed by atoms with van der Waals surface area (Å²) in [5.41, 5.74) is 0.377. The maximum Gasteiger partial charge on any atom is 0.335 e. The van der Waals surface area contributed by atoms with Crippen molar-refractivity contribution in [1.82, 2.24) is 5.32 Å². The number of carbonyl (C=O) groups excluding carboxylic acids is 1. The number of carbonyl (C=O) groups is 2. The van der Waals surface area contributed by atoms with Crippen LogP contribution in [0.25, 0.3) is 0 Å². The van der Waals surface area contributed by atoms with Crippen LogP contribution in [-0.2, 0) is 0 Å². The standard InChI is InChI=1S/C15H10ClN3O5S/c16-12-7-10(19(23)24)5-6-11(12)13(20)18-15(25)17-9-3-1-8(2-4-9)14(21)22/h1-7H,(H,21,22)(H2,17,18,20,25). The Balaban J connectivity index is 2.03. The molecule has 1 amide bonds. The van der Waals surface area contributed by atoms with Gasteiger partial charge in [0.05, 0.1) is 21.1 Å². The lowest BCUT2D eigenvalue weighted by Crippen LogP contribution is -2.34. The van der Waals surface area contributed by atoms with Crippen LogP contribution in [-0.4, -0.2) is 27.0 Å². The van der Waals surface area contributed by atoms with Crippen LogP contribution < -0.4 is 10.6 Å². The molecular weight excluding hydrogens is 370 g/mol. The van der Waals surface area contributed by atoms with Crippen molar-refractivity contribution in [1.29, 1.82) is 0 Å². The number of aromatic carboxylic acids is 1. The molecule has 2 aromatic rings. The molecule has 0 unspecified atom stereocenters. The summed E-state index contributed by atoms with van der Waals surface area (Å²) in [4.78, 5) is 32.9. The Kier molecular flexibility index (Phi) is 5.63. The van der Waals surface area contributed by atoms with Gasteiger partial charge < -0.3 is 10.4 Å². The number of thiocarbonyl (C=S) groups is 1. The minimum Gasteiger partial charge on any atom is -0.478 e. The smallest absolute Gasteiger partial charge is 0.335 e. The van der Waals surface area contributed by atoms with Crippen LogP contribution in [0.2, 0.25) is 5.02 Å². The Hall–Kier alpha value is -3.04. The second-order valence-corrected chi connectivity index (χ2v) is 5.53. The molecule has 128 valence electrons. The molecule has 0 aliphatic heterocycles. The zero-order valence-corrected chi connectivity index (χ0v) is 13.9. The average molecular weight is 380 g/mol. The monoisotopic (exact) mass is 379 g/mol. The van der Waals surface area contributed by atoms with E-state index in [1.54, 1.807) is 0 Å². The number of carboxylic acids is 1. The molecule has 3 N–H and O–H groups in total. The Morgan fingerprint density at radius 3 is 2.32 bits per heavy atom. The van der Waals surface area contributed by atoms with Gasteiger partial charge in [-0.15, -0.1) is 0 Å². The van der Waals surface area contributed by atoms with Crippen molar-refractivity contribution in [3.8, 4) is 0 Å². The van der Waals surface area contributed by atoms with Gasteiger partial charge in [-0.1, -0.05) is 11.6 Å². The van der Waals surface area contributed by atoms with E-state index >= 15 is 0 Å². The highest BCUT2D eigenvalue weighted by molar-refractivity contribution is 7.80. The molecule has 25 heavy (non-hydrogen) atoms. The predicted molar refractivity (Wildman–Crippen MR) is 95.2 cm³/mol. The van der Waals surface area contributed by atoms with E-state index < -0.39 is 16.8 Å². The van der Waals surface area contributed by atoms with Gasteiger partial charge in [0.1, 0.15) is 0 Å². The van der Waals surface area contributed by atoms with Crippen molar-refractivity contribution in [2.45, 2.75) is 0 Å². The molecule has 8 nitrogen and oxygen atoms in total. The molecule has 0 spiro atoms. The summed E-state index contributed by atoms with van der Waals surface area (Å²) in [6.07, 6.45) is 0. The number of halogens is 1.